The molecule has 4 nitrogen and oxygen atoms in total. The molecule has 0 saturated carbocycles. The van der Waals surface area contributed by atoms with Crippen LogP contribution in [0.1, 0.15) is 16.1 Å². The van der Waals surface area contributed by atoms with Crippen molar-refractivity contribution in [2.75, 3.05) is 11.9 Å². The Hall–Kier alpha value is -2.86. The van der Waals surface area contributed by atoms with Gasteiger partial charge in [0.15, 0.2) is 5.13 Å². The highest BCUT2D eigenvalue weighted by atomic mass is 32.1. The average molecular weight is 351 g/mol. The van der Waals surface area contributed by atoms with Gasteiger partial charge < -0.3 is 0 Å². The summed E-state index contributed by atoms with van der Waals surface area (Å²) >= 11 is 1.46. The van der Waals surface area contributed by atoms with Crippen molar-refractivity contribution in [2.24, 2.45) is 0 Å². The van der Waals surface area contributed by atoms with E-state index in [0.717, 1.165) is 10.2 Å². The second-order valence-corrected chi connectivity index (χ2v) is 6.81. The van der Waals surface area contributed by atoms with Crippen molar-refractivity contribution >= 4 is 43.5 Å². The van der Waals surface area contributed by atoms with E-state index in [0.29, 0.717) is 27.3 Å². The van der Waals surface area contributed by atoms with Crippen LogP contribution in [0.15, 0.2) is 48.5 Å². The monoisotopic (exact) mass is 351 g/mol. The van der Waals surface area contributed by atoms with Crippen LogP contribution in [0.25, 0.3) is 21.1 Å². The molecular formula is C19H14FN3OS. The number of carbonyl (C=O) groups excluding carboxylic acids is 1. The minimum Gasteiger partial charge on any atom is -0.287 e. The molecule has 4 rings (SSSR count). The standard InChI is InChI=1S/C19H14FN3OS/c1-11-9-14(13-8-7-12(20)10-16(13)21-11)18(24)23(2)19-22-15-5-3-4-6-17(15)25-19/h3-10H,1-2H3. The molecule has 0 atom stereocenters. The lowest BCUT2D eigenvalue weighted by Gasteiger charge is -2.15. The van der Waals surface area contributed by atoms with E-state index in [4.69, 9.17) is 0 Å². The molecule has 0 bridgehead atoms. The van der Waals surface area contributed by atoms with Crippen molar-refractivity contribution in [1.29, 1.82) is 0 Å². The van der Waals surface area contributed by atoms with Crippen molar-refractivity contribution in [2.45, 2.75) is 6.92 Å². The topological polar surface area (TPSA) is 46.1 Å². The van der Waals surface area contributed by atoms with Gasteiger partial charge in [-0.25, -0.2) is 9.37 Å². The molecule has 0 aliphatic heterocycles. The van der Waals surface area contributed by atoms with Crippen LogP contribution in [0.2, 0.25) is 0 Å². The number of halogens is 1. The van der Waals surface area contributed by atoms with E-state index in [1.807, 2.05) is 24.3 Å². The van der Waals surface area contributed by atoms with E-state index in [-0.39, 0.29) is 11.7 Å². The van der Waals surface area contributed by atoms with Gasteiger partial charge >= 0.3 is 0 Å². The van der Waals surface area contributed by atoms with Crippen LogP contribution in [-0.4, -0.2) is 22.9 Å². The molecule has 4 aromatic rings. The Morgan fingerprint density at radius 2 is 1.88 bits per heavy atom. The summed E-state index contributed by atoms with van der Waals surface area (Å²) < 4.78 is 14.5. The zero-order valence-corrected chi connectivity index (χ0v) is 14.5. The number of nitrogens with zero attached hydrogens (tertiary/aromatic N) is 3. The number of anilines is 1. The normalized spacial score (nSPS) is 11.2. The maximum Gasteiger partial charge on any atom is 0.260 e. The van der Waals surface area contributed by atoms with Gasteiger partial charge in [-0.3, -0.25) is 14.7 Å². The number of benzene rings is 2. The lowest BCUT2D eigenvalue weighted by molar-refractivity contribution is 0.0994. The third-order valence-electron chi connectivity index (χ3n) is 4.00. The van der Waals surface area contributed by atoms with Gasteiger partial charge in [0.1, 0.15) is 5.82 Å². The number of amides is 1. The lowest BCUT2D eigenvalue weighted by Crippen LogP contribution is -2.26. The van der Waals surface area contributed by atoms with Crippen LogP contribution in [0.4, 0.5) is 9.52 Å². The highest BCUT2D eigenvalue weighted by Crippen LogP contribution is 2.29. The third-order valence-corrected chi connectivity index (χ3v) is 5.12. The molecule has 25 heavy (non-hydrogen) atoms. The fraction of sp³-hybridized carbons (Fsp3) is 0.105. The Bertz CT molecular complexity index is 1080. The summed E-state index contributed by atoms with van der Waals surface area (Å²) in [4.78, 5) is 23.4. The second-order valence-electron chi connectivity index (χ2n) is 5.80. The fourth-order valence-corrected chi connectivity index (χ4v) is 3.71. The zero-order valence-electron chi connectivity index (χ0n) is 13.7. The van der Waals surface area contributed by atoms with Gasteiger partial charge in [-0.1, -0.05) is 23.5 Å². The van der Waals surface area contributed by atoms with E-state index >= 15 is 0 Å². The predicted molar refractivity (Wildman–Crippen MR) is 98.8 cm³/mol. The number of rotatable bonds is 2. The molecule has 124 valence electrons. The lowest BCUT2D eigenvalue weighted by atomic mass is 10.1. The zero-order chi connectivity index (χ0) is 17.6. The van der Waals surface area contributed by atoms with Gasteiger partial charge in [0, 0.05) is 24.2 Å². The Balaban J connectivity index is 1.81. The largest absolute Gasteiger partial charge is 0.287 e. The molecule has 0 radical (unpaired) electrons. The minimum absolute atomic E-state index is 0.193. The summed E-state index contributed by atoms with van der Waals surface area (Å²) in [7, 11) is 1.70. The molecule has 0 spiro atoms. The first-order valence-electron chi connectivity index (χ1n) is 7.73. The van der Waals surface area contributed by atoms with Crippen LogP contribution >= 0.6 is 11.3 Å². The van der Waals surface area contributed by atoms with Gasteiger partial charge in [0.25, 0.3) is 5.91 Å². The number of pyridine rings is 1. The molecule has 2 aromatic carbocycles. The van der Waals surface area contributed by atoms with E-state index < -0.39 is 0 Å². The van der Waals surface area contributed by atoms with Gasteiger partial charge in [-0.2, -0.15) is 0 Å². The van der Waals surface area contributed by atoms with Gasteiger partial charge in [-0.15, -0.1) is 0 Å². The van der Waals surface area contributed by atoms with E-state index in [1.54, 1.807) is 26.1 Å². The van der Waals surface area contributed by atoms with E-state index in [9.17, 15) is 9.18 Å². The number of aryl methyl sites for hydroxylation is 1. The first-order valence-corrected chi connectivity index (χ1v) is 8.55. The first kappa shape index (κ1) is 15.7. The summed E-state index contributed by atoms with van der Waals surface area (Å²) in [6.07, 6.45) is 0. The number of thiazole rings is 1. The molecule has 0 unspecified atom stereocenters. The molecule has 1 amide bonds. The summed E-state index contributed by atoms with van der Waals surface area (Å²) in [6, 6.07) is 13.8. The Kier molecular flexibility index (Phi) is 3.69. The summed E-state index contributed by atoms with van der Waals surface area (Å²) in [5, 5.41) is 1.25. The fourth-order valence-electron chi connectivity index (χ4n) is 2.78. The van der Waals surface area contributed by atoms with Crippen LogP contribution in [0.3, 0.4) is 0 Å². The smallest absolute Gasteiger partial charge is 0.260 e. The highest BCUT2D eigenvalue weighted by Gasteiger charge is 2.20. The molecular weight excluding hydrogens is 337 g/mol. The number of hydrogen-bond donors (Lipinski definition) is 0. The molecule has 0 fully saturated rings. The maximum atomic E-state index is 13.5. The third kappa shape index (κ3) is 2.74. The van der Waals surface area contributed by atoms with Gasteiger partial charge in [-0.05, 0) is 37.3 Å². The van der Waals surface area contributed by atoms with Crippen molar-refractivity contribution in [3.05, 3.63) is 65.6 Å². The first-order chi connectivity index (χ1) is 12.0. The van der Waals surface area contributed by atoms with Crippen molar-refractivity contribution in [3.63, 3.8) is 0 Å². The minimum atomic E-state index is -0.372. The van der Waals surface area contributed by atoms with Crippen molar-refractivity contribution in [1.82, 2.24) is 9.97 Å². The van der Waals surface area contributed by atoms with Crippen LogP contribution in [0, 0.1) is 12.7 Å². The number of para-hydroxylation sites is 1. The highest BCUT2D eigenvalue weighted by molar-refractivity contribution is 7.22. The number of hydrogen-bond acceptors (Lipinski definition) is 4. The number of carbonyl (C=O) groups is 1. The molecule has 0 aliphatic rings. The molecule has 0 saturated heterocycles. The molecule has 2 aromatic heterocycles. The average Bonchev–Trinajstić information content (AvgIpc) is 3.03. The van der Waals surface area contributed by atoms with E-state index in [2.05, 4.69) is 9.97 Å². The molecule has 6 heteroatoms. The van der Waals surface area contributed by atoms with Crippen LogP contribution < -0.4 is 4.90 Å². The van der Waals surface area contributed by atoms with E-state index in [1.165, 1.54) is 28.4 Å². The Labute approximate surface area is 147 Å². The maximum absolute atomic E-state index is 13.5. The van der Waals surface area contributed by atoms with Crippen molar-refractivity contribution < 1.29 is 9.18 Å². The van der Waals surface area contributed by atoms with Gasteiger partial charge in [0.05, 0.1) is 21.3 Å². The summed E-state index contributed by atoms with van der Waals surface area (Å²) in [6.45, 7) is 1.79. The molecule has 0 N–H and O–H groups in total. The molecule has 2 heterocycles. The quantitative estimate of drug-likeness (QED) is 0.531. The van der Waals surface area contributed by atoms with Crippen LogP contribution in [-0.2, 0) is 0 Å². The molecule has 0 aliphatic carbocycles. The SMILES string of the molecule is Cc1cc(C(=O)N(C)c2nc3ccccc3s2)c2ccc(F)cc2n1. The summed E-state index contributed by atoms with van der Waals surface area (Å²) in [5.74, 6) is -0.565. The number of aromatic nitrogens is 2. The second kappa shape index (κ2) is 5.89. The van der Waals surface area contributed by atoms with Crippen LogP contribution in [0.5, 0.6) is 0 Å². The Morgan fingerprint density at radius 1 is 1.08 bits per heavy atom. The predicted octanol–water partition coefficient (Wildman–Crippen LogP) is 4.57. The van der Waals surface area contributed by atoms with Crippen molar-refractivity contribution in [3.8, 4) is 0 Å². The Morgan fingerprint density at radius 3 is 2.68 bits per heavy atom. The summed E-state index contributed by atoms with van der Waals surface area (Å²) in [5.41, 5.74) is 2.49. The number of fused-ring (bicyclic) bond motifs is 2. The van der Waals surface area contributed by atoms with Gasteiger partial charge in [0.2, 0.25) is 0 Å².